The van der Waals surface area contributed by atoms with Crippen LogP contribution in [0.2, 0.25) is 0 Å². The molecule has 0 aromatic carbocycles. The van der Waals surface area contributed by atoms with Gasteiger partial charge in [0.2, 0.25) is 17.4 Å². The average molecular weight is 489 g/mol. The molecule has 10 heteroatoms. The quantitative estimate of drug-likeness (QED) is 0.415. The highest BCUT2D eigenvalue weighted by Gasteiger charge is 2.34. The molecule has 1 saturated carbocycles. The minimum Gasteiger partial charge on any atom is -0.329 e. The molecule has 0 spiro atoms. The van der Waals surface area contributed by atoms with E-state index < -0.39 is 0 Å². The number of amides is 1. The SMILES string of the molecule is O=C(Nc1ccc(=O)[nH]c1)C1CCCN1c1nc2c(c(Nc3cc(C4CCCCC4)[nH]n3)n1)CCC2. The highest BCUT2D eigenvalue weighted by Crippen LogP contribution is 2.35. The molecule has 1 aliphatic heterocycles. The van der Waals surface area contributed by atoms with Crippen LogP contribution in [0.15, 0.2) is 29.2 Å². The molecular weight excluding hydrogens is 456 g/mol. The van der Waals surface area contributed by atoms with Crippen molar-refractivity contribution in [3.63, 3.8) is 0 Å². The van der Waals surface area contributed by atoms with Gasteiger partial charge in [-0.2, -0.15) is 10.1 Å². The molecule has 4 N–H and O–H groups in total. The van der Waals surface area contributed by atoms with Gasteiger partial charge in [0.1, 0.15) is 11.9 Å². The van der Waals surface area contributed by atoms with E-state index in [2.05, 4.69) is 31.9 Å². The predicted molar refractivity (Wildman–Crippen MR) is 138 cm³/mol. The fourth-order valence-corrected chi connectivity index (χ4v) is 5.79. The zero-order valence-electron chi connectivity index (χ0n) is 20.3. The molecule has 1 amide bonds. The zero-order valence-corrected chi connectivity index (χ0v) is 20.3. The Morgan fingerprint density at radius 1 is 1.03 bits per heavy atom. The lowest BCUT2D eigenvalue weighted by Gasteiger charge is -2.25. The van der Waals surface area contributed by atoms with E-state index in [4.69, 9.17) is 9.97 Å². The van der Waals surface area contributed by atoms with E-state index in [9.17, 15) is 9.59 Å². The van der Waals surface area contributed by atoms with Gasteiger partial charge in [0.25, 0.3) is 0 Å². The van der Waals surface area contributed by atoms with Crippen molar-refractivity contribution in [2.24, 2.45) is 0 Å². The Kier molecular flexibility index (Phi) is 6.16. The van der Waals surface area contributed by atoms with Crippen LogP contribution in [0.3, 0.4) is 0 Å². The van der Waals surface area contributed by atoms with Gasteiger partial charge in [0.15, 0.2) is 5.82 Å². The number of H-pyrrole nitrogens is 2. The number of rotatable bonds is 6. The standard InChI is InChI=1S/C26H32N8O2/c35-23-12-11-17(15-27-23)28-25(36)21-10-5-13-34(21)26-29-19-9-4-8-18(19)24(31-26)30-22-14-20(32-33-22)16-6-2-1-3-7-16/h11-12,14-16,21H,1-10,13H2,(H,27,35)(H,28,36)(H2,29,30,31,32,33). The van der Waals surface area contributed by atoms with Gasteiger partial charge in [-0.1, -0.05) is 19.3 Å². The largest absolute Gasteiger partial charge is 0.329 e. The summed E-state index contributed by atoms with van der Waals surface area (Å²) in [5, 5.41) is 14.2. The third kappa shape index (κ3) is 4.59. The number of anilines is 4. The molecule has 10 nitrogen and oxygen atoms in total. The second-order valence-electron chi connectivity index (χ2n) is 10.1. The molecule has 3 aliphatic rings. The number of carbonyl (C=O) groups is 1. The van der Waals surface area contributed by atoms with Crippen LogP contribution >= 0.6 is 0 Å². The maximum Gasteiger partial charge on any atom is 0.248 e. The Morgan fingerprint density at radius 2 is 1.92 bits per heavy atom. The van der Waals surface area contributed by atoms with Crippen molar-refractivity contribution < 1.29 is 4.79 Å². The third-order valence-corrected chi connectivity index (χ3v) is 7.67. The van der Waals surface area contributed by atoms with E-state index in [0.717, 1.165) is 61.5 Å². The molecule has 2 aliphatic carbocycles. The number of nitrogens with zero attached hydrogens (tertiary/aromatic N) is 4. The predicted octanol–water partition coefficient (Wildman–Crippen LogP) is 3.78. The minimum atomic E-state index is -0.368. The van der Waals surface area contributed by atoms with Crippen molar-refractivity contribution in [1.82, 2.24) is 25.1 Å². The van der Waals surface area contributed by atoms with E-state index in [1.165, 1.54) is 50.1 Å². The molecule has 2 fully saturated rings. The Hall–Kier alpha value is -3.69. The summed E-state index contributed by atoms with van der Waals surface area (Å²) >= 11 is 0. The minimum absolute atomic E-state index is 0.123. The number of hydrogen-bond acceptors (Lipinski definition) is 7. The van der Waals surface area contributed by atoms with Gasteiger partial charge in [-0.05, 0) is 51.0 Å². The van der Waals surface area contributed by atoms with Crippen molar-refractivity contribution in [2.45, 2.75) is 76.2 Å². The first kappa shape index (κ1) is 22.8. The lowest BCUT2D eigenvalue weighted by molar-refractivity contribution is -0.117. The smallest absolute Gasteiger partial charge is 0.248 e. The first-order valence-electron chi connectivity index (χ1n) is 13.1. The molecule has 0 bridgehead atoms. The van der Waals surface area contributed by atoms with Gasteiger partial charge in [-0.3, -0.25) is 14.7 Å². The van der Waals surface area contributed by atoms with E-state index in [1.807, 2.05) is 4.90 Å². The highest BCUT2D eigenvalue weighted by atomic mass is 16.2. The molecule has 36 heavy (non-hydrogen) atoms. The molecule has 3 aromatic rings. The van der Waals surface area contributed by atoms with Crippen molar-refractivity contribution in [3.05, 3.63) is 51.7 Å². The maximum absolute atomic E-state index is 13.1. The Morgan fingerprint density at radius 3 is 2.75 bits per heavy atom. The number of nitrogens with one attached hydrogen (secondary N) is 4. The van der Waals surface area contributed by atoms with Gasteiger partial charge < -0.3 is 20.5 Å². The van der Waals surface area contributed by atoms with Crippen LogP contribution in [0.25, 0.3) is 0 Å². The van der Waals surface area contributed by atoms with E-state index in [1.54, 1.807) is 6.07 Å². The second-order valence-corrected chi connectivity index (χ2v) is 10.1. The number of hydrogen-bond donors (Lipinski definition) is 4. The van der Waals surface area contributed by atoms with E-state index >= 15 is 0 Å². The van der Waals surface area contributed by atoms with Crippen LogP contribution in [0.4, 0.5) is 23.3 Å². The highest BCUT2D eigenvalue weighted by molar-refractivity contribution is 5.96. The number of aryl methyl sites for hydroxylation is 1. The number of carbonyl (C=O) groups excluding carboxylic acids is 1. The van der Waals surface area contributed by atoms with E-state index in [0.29, 0.717) is 17.6 Å². The molecule has 3 aromatic heterocycles. The van der Waals surface area contributed by atoms with Crippen molar-refractivity contribution in [3.8, 4) is 0 Å². The number of fused-ring (bicyclic) bond motifs is 1. The monoisotopic (exact) mass is 488 g/mol. The summed E-state index contributed by atoms with van der Waals surface area (Å²) in [4.78, 5) is 38.9. The number of pyridine rings is 1. The summed E-state index contributed by atoms with van der Waals surface area (Å²) in [6.07, 6.45) is 12.3. The molecule has 1 saturated heterocycles. The van der Waals surface area contributed by atoms with Crippen LogP contribution in [0.1, 0.15) is 74.2 Å². The van der Waals surface area contributed by atoms with Crippen molar-refractivity contribution in [2.75, 3.05) is 22.1 Å². The van der Waals surface area contributed by atoms with Crippen LogP contribution in [0, 0.1) is 0 Å². The average Bonchev–Trinajstić information content (AvgIpc) is 3.66. The Bertz CT molecular complexity index is 1290. The summed E-state index contributed by atoms with van der Waals surface area (Å²) < 4.78 is 0. The first-order chi connectivity index (χ1) is 17.6. The van der Waals surface area contributed by atoms with Gasteiger partial charge in [0.05, 0.1) is 11.4 Å². The zero-order chi connectivity index (χ0) is 24.5. The fourth-order valence-electron chi connectivity index (χ4n) is 5.79. The van der Waals surface area contributed by atoms with Crippen molar-refractivity contribution >= 4 is 29.2 Å². The van der Waals surface area contributed by atoms with Gasteiger partial charge >= 0.3 is 0 Å². The summed E-state index contributed by atoms with van der Waals surface area (Å²) in [5.41, 5.74) is 3.76. The van der Waals surface area contributed by atoms with Crippen LogP contribution in [0.5, 0.6) is 0 Å². The molecule has 188 valence electrons. The topological polar surface area (TPSA) is 132 Å². The lowest BCUT2D eigenvalue weighted by atomic mass is 9.87. The summed E-state index contributed by atoms with van der Waals surface area (Å²) in [5.74, 6) is 2.59. The van der Waals surface area contributed by atoms with Gasteiger partial charge in [-0.25, -0.2) is 4.98 Å². The summed E-state index contributed by atoms with van der Waals surface area (Å²) in [6, 6.07) is 4.76. The van der Waals surface area contributed by atoms with Gasteiger partial charge in [-0.15, -0.1) is 0 Å². The summed E-state index contributed by atoms with van der Waals surface area (Å²) in [6.45, 7) is 0.718. The Labute approximate surface area is 209 Å². The number of aromatic amines is 2. The van der Waals surface area contributed by atoms with Gasteiger partial charge in [0, 0.05) is 42.0 Å². The molecule has 4 heterocycles. The molecule has 6 rings (SSSR count). The molecular formula is C26H32N8O2. The van der Waals surface area contributed by atoms with Crippen molar-refractivity contribution in [1.29, 1.82) is 0 Å². The van der Waals surface area contributed by atoms with Crippen LogP contribution < -0.4 is 21.1 Å². The van der Waals surface area contributed by atoms with Crippen LogP contribution in [-0.2, 0) is 17.6 Å². The second kappa shape index (κ2) is 9.75. The fraction of sp³-hybridized carbons (Fsp3) is 0.500. The molecule has 1 atom stereocenters. The van der Waals surface area contributed by atoms with E-state index in [-0.39, 0.29) is 17.5 Å². The Balaban J connectivity index is 1.23. The third-order valence-electron chi connectivity index (χ3n) is 7.67. The lowest BCUT2D eigenvalue weighted by Crippen LogP contribution is -2.40. The van der Waals surface area contributed by atoms with Crippen LogP contribution in [-0.4, -0.2) is 43.6 Å². The molecule has 1 unspecified atom stereocenters. The number of aromatic nitrogens is 5. The molecule has 0 radical (unpaired) electrons. The first-order valence-corrected chi connectivity index (χ1v) is 13.1. The normalized spacial score (nSPS) is 19.9. The maximum atomic E-state index is 13.1. The summed E-state index contributed by atoms with van der Waals surface area (Å²) in [7, 11) is 0.